The first-order valence-corrected chi connectivity index (χ1v) is 7.81. The van der Waals surface area contributed by atoms with Crippen molar-refractivity contribution < 1.29 is 26.0 Å². The van der Waals surface area contributed by atoms with Crippen molar-refractivity contribution >= 4 is 10.0 Å². The lowest BCUT2D eigenvalue weighted by molar-refractivity contribution is -0.144. The van der Waals surface area contributed by atoms with Crippen molar-refractivity contribution in [2.24, 2.45) is 5.92 Å². The SMILES string of the molecule is CC(F)(F)C(F)(F)S(=O)(=O)NCCC1CCCCC1. The van der Waals surface area contributed by atoms with E-state index >= 15 is 0 Å². The molecule has 0 radical (unpaired) electrons. The molecule has 3 nitrogen and oxygen atoms in total. The fraction of sp³-hybridized carbons (Fsp3) is 1.00. The van der Waals surface area contributed by atoms with Crippen LogP contribution in [0.4, 0.5) is 17.6 Å². The molecule has 0 saturated heterocycles. The molecule has 0 heterocycles. The lowest BCUT2D eigenvalue weighted by Gasteiger charge is -2.24. The van der Waals surface area contributed by atoms with Crippen molar-refractivity contribution in [2.75, 3.05) is 6.54 Å². The van der Waals surface area contributed by atoms with Gasteiger partial charge in [-0.25, -0.2) is 13.1 Å². The first kappa shape index (κ1) is 16.7. The van der Waals surface area contributed by atoms with E-state index in [0.29, 0.717) is 6.42 Å². The molecule has 0 atom stereocenters. The zero-order valence-electron chi connectivity index (χ0n) is 10.8. The van der Waals surface area contributed by atoms with Gasteiger partial charge in [0.05, 0.1) is 0 Å². The molecule has 1 N–H and O–H groups in total. The van der Waals surface area contributed by atoms with E-state index in [1.807, 2.05) is 0 Å². The van der Waals surface area contributed by atoms with Crippen LogP contribution in [-0.2, 0) is 10.0 Å². The van der Waals surface area contributed by atoms with Gasteiger partial charge in [-0.05, 0) is 12.3 Å². The van der Waals surface area contributed by atoms with Crippen LogP contribution >= 0.6 is 0 Å². The zero-order valence-corrected chi connectivity index (χ0v) is 11.6. The van der Waals surface area contributed by atoms with Crippen molar-refractivity contribution in [3.63, 3.8) is 0 Å². The third-order valence-electron chi connectivity index (χ3n) is 3.42. The summed E-state index contributed by atoms with van der Waals surface area (Å²) in [5.41, 5.74) is 0. The standard InChI is InChI=1S/C11H19F4NO2S/c1-10(12,13)11(14,15)19(17,18)16-8-7-9-5-3-2-4-6-9/h9,16H,2-8H2,1H3. The highest BCUT2D eigenvalue weighted by Crippen LogP contribution is 2.37. The van der Waals surface area contributed by atoms with Crippen LogP contribution in [0.2, 0.25) is 0 Å². The number of hydrogen-bond acceptors (Lipinski definition) is 2. The molecule has 114 valence electrons. The summed E-state index contributed by atoms with van der Waals surface area (Å²) in [5, 5.41) is -5.09. The Morgan fingerprint density at radius 2 is 1.63 bits per heavy atom. The summed E-state index contributed by atoms with van der Waals surface area (Å²) in [4.78, 5) is 0. The van der Waals surface area contributed by atoms with Crippen LogP contribution in [0.25, 0.3) is 0 Å². The molecule has 0 aliphatic heterocycles. The van der Waals surface area contributed by atoms with Crippen molar-refractivity contribution in [1.82, 2.24) is 4.72 Å². The number of hydrogen-bond donors (Lipinski definition) is 1. The molecule has 1 aliphatic rings. The van der Waals surface area contributed by atoms with E-state index in [2.05, 4.69) is 0 Å². The number of rotatable bonds is 6. The second kappa shape index (κ2) is 5.95. The molecule has 1 rings (SSSR count). The van der Waals surface area contributed by atoms with Crippen LogP contribution in [0.15, 0.2) is 0 Å². The van der Waals surface area contributed by atoms with Gasteiger partial charge in [-0.2, -0.15) is 17.6 Å². The molecular weight excluding hydrogens is 286 g/mol. The summed E-state index contributed by atoms with van der Waals surface area (Å²) < 4.78 is 75.4. The Balaban J connectivity index is 2.51. The largest absolute Gasteiger partial charge is 0.420 e. The topological polar surface area (TPSA) is 46.2 Å². The minimum Gasteiger partial charge on any atom is -0.210 e. The minimum atomic E-state index is -5.35. The Bertz CT molecular complexity index is 386. The summed E-state index contributed by atoms with van der Waals surface area (Å²) >= 11 is 0. The lowest BCUT2D eigenvalue weighted by Crippen LogP contribution is -2.50. The molecule has 0 spiro atoms. The van der Waals surface area contributed by atoms with Crippen LogP contribution in [0.5, 0.6) is 0 Å². The fourth-order valence-corrected chi connectivity index (χ4v) is 3.24. The molecule has 0 bridgehead atoms. The average Bonchev–Trinajstić information content (AvgIpc) is 2.28. The van der Waals surface area contributed by atoms with Crippen molar-refractivity contribution in [3.8, 4) is 0 Å². The first-order valence-electron chi connectivity index (χ1n) is 6.33. The van der Waals surface area contributed by atoms with Gasteiger partial charge in [-0.3, -0.25) is 0 Å². The van der Waals surface area contributed by atoms with Gasteiger partial charge in [-0.15, -0.1) is 0 Å². The first-order chi connectivity index (χ1) is 8.58. The quantitative estimate of drug-likeness (QED) is 0.766. The molecule has 1 aliphatic carbocycles. The zero-order chi connectivity index (χ0) is 14.7. The van der Waals surface area contributed by atoms with E-state index in [1.165, 1.54) is 0 Å². The second-order valence-corrected chi connectivity index (χ2v) is 6.90. The van der Waals surface area contributed by atoms with Crippen LogP contribution in [0, 0.1) is 5.92 Å². The fourth-order valence-electron chi connectivity index (χ4n) is 2.20. The summed E-state index contributed by atoms with van der Waals surface area (Å²) in [5.74, 6) is -4.32. The van der Waals surface area contributed by atoms with Gasteiger partial charge in [0.1, 0.15) is 0 Å². The normalized spacial score (nSPS) is 19.6. The molecule has 1 saturated carbocycles. The maximum atomic E-state index is 13.1. The van der Waals surface area contributed by atoms with Gasteiger partial charge in [0.25, 0.3) is 10.0 Å². The highest BCUT2D eigenvalue weighted by Gasteiger charge is 2.62. The van der Waals surface area contributed by atoms with E-state index in [-0.39, 0.29) is 19.4 Å². The molecule has 0 aromatic rings. The van der Waals surface area contributed by atoms with Gasteiger partial charge in [0, 0.05) is 13.5 Å². The molecule has 0 aromatic carbocycles. The smallest absolute Gasteiger partial charge is 0.210 e. The Morgan fingerprint density at radius 1 is 1.11 bits per heavy atom. The van der Waals surface area contributed by atoms with E-state index in [0.717, 1.165) is 32.1 Å². The Morgan fingerprint density at radius 3 is 2.11 bits per heavy atom. The van der Waals surface area contributed by atoms with Crippen LogP contribution in [-0.4, -0.2) is 26.1 Å². The third kappa shape index (κ3) is 4.05. The summed E-state index contributed by atoms with van der Waals surface area (Å²) in [6.45, 7) is -0.327. The Labute approximate surface area is 110 Å². The van der Waals surface area contributed by atoms with Gasteiger partial charge in [0.2, 0.25) is 0 Å². The number of halogens is 4. The highest BCUT2D eigenvalue weighted by atomic mass is 32.2. The van der Waals surface area contributed by atoms with Crippen molar-refractivity contribution in [1.29, 1.82) is 0 Å². The summed E-state index contributed by atoms with van der Waals surface area (Å²) in [7, 11) is -5.35. The summed E-state index contributed by atoms with van der Waals surface area (Å²) in [6.07, 6.45) is 5.48. The van der Waals surface area contributed by atoms with Crippen molar-refractivity contribution in [2.45, 2.75) is 56.6 Å². The van der Waals surface area contributed by atoms with Crippen LogP contribution < -0.4 is 4.72 Å². The lowest BCUT2D eigenvalue weighted by atomic mass is 9.87. The number of sulfonamides is 1. The van der Waals surface area contributed by atoms with Gasteiger partial charge < -0.3 is 0 Å². The van der Waals surface area contributed by atoms with Crippen molar-refractivity contribution in [3.05, 3.63) is 0 Å². The maximum absolute atomic E-state index is 13.1. The molecule has 0 amide bonds. The number of alkyl halides is 4. The Hall–Kier alpha value is -0.370. The van der Waals surface area contributed by atoms with E-state index < -0.39 is 21.2 Å². The molecule has 0 aromatic heterocycles. The molecule has 19 heavy (non-hydrogen) atoms. The van der Waals surface area contributed by atoms with E-state index in [9.17, 15) is 26.0 Å². The maximum Gasteiger partial charge on any atom is 0.420 e. The third-order valence-corrected chi connectivity index (χ3v) is 5.04. The Kier molecular flexibility index (Phi) is 5.22. The van der Waals surface area contributed by atoms with Crippen LogP contribution in [0.3, 0.4) is 0 Å². The molecule has 0 unspecified atom stereocenters. The average molecular weight is 305 g/mol. The molecule has 1 fully saturated rings. The monoisotopic (exact) mass is 305 g/mol. The second-order valence-electron chi connectivity index (χ2n) is 5.10. The van der Waals surface area contributed by atoms with E-state index in [1.54, 1.807) is 4.72 Å². The van der Waals surface area contributed by atoms with Gasteiger partial charge >= 0.3 is 11.2 Å². The minimum absolute atomic E-state index is 0.104. The predicted octanol–water partition coefficient (Wildman–Crippen LogP) is 3.12. The predicted molar refractivity (Wildman–Crippen MR) is 63.7 cm³/mol. The van der Waals surface area contributed by atoms with Gasteiger partial charge in [0.15, 0.2) is 0 Å². The van der Waals surface area contributed by atoms with Gasteiger partial charge in [-0.1, -0.05) is 32.1 Å². The summed E-state index contributed by atoms with van der Waals surface area (Å²) in [6, 6.07) is 0. The van der Waals surface area contributed by atoms with Crippen LogP contribution in [0.1, 0.15) is 45.4 Å². The number of nitrogens with one attached hydrogen (secondary N) is 1. The highest BCUT2D eigenvalue weighted by molar-refractivity contribution is 7.90. The van der Waals surface area contributed by atoms with E-state index in [4.69, 9.17) is 0 Å². The molecule has 8 heteroatoms. The molecular formula is C11H19F4NO2S.